The number of aromatic amines is 1. The van der Waals surface area contributed by atoms with Crippen LogP contribution < -0.4 is 5.32 Å². The summed E-state index contributed by atoms with van der Waals surface area (Å²) in [5.41, 5.74) is 3.32. The van der Waals surface area contributed by atoms with Crippen molar-refractivity contribution in [3.8, 4) is 11.4 Å². The Bertz CT molecular complexity index is 763. The molecule has 1 aromatic heterocycles. The average Bonchev–Trinajstić information content (AvgIpc) is 3.02. The number of hydrogen-bond donors (Lipinski definition) is 2. The summed E-state index contributed by atoms with van der Waals surface area (Å²) in [5.74, 6) is 0.673. The maximum Gasteiger partial charge on any atom is 0.255 e. The van der Waals surface area contributed by atoms with Gasteiger partial charge in [-0.25, -0.2) is 4.98 Å². The molecular weight excluding hydrogens is 262 g/mol. The minimum Gasteiger partial charge on any atom is -0.345 e. The van der Waals surface area contributed by atoms with Crippen LogP contribution in [0.4, 0.5) is 5.69 Å². The molecule has 4 heteroatoms. The molecule has 1 amide bonds. The molecule has 0 saturated carbocycles. The first-order valence-electron chi connectivity index (χ1n) is 6.71. The smallest absolute Gasteiger partial charge is 0.255 e. The summed E-state index contributed by atoms with van der Waals surface area (Å²) in [4.78, 5) is 19.6. The second kappa shape index (κ2) is 5.63. The molecule has 0 spiro atoms. The average molecular weight is 277 g/mol. The van der Waals surface area contributed by atoms with Crippen molar-refractivity contribution >= 4 is 11.6 Å². The Morgan fingerprint density at radius 1 is 1.14 bits per heavy atom. The molecule has 0 aliphatic carbocycles. The van der Waals surface area contributed by atoms with Crippen LogP contribution in [0, 0.1) is 6.92 Å². The van der Waals surface area contributed by atoms with E-state index in [0.29, 0.717) is 5.56 Å². The van der Waals surface area contributed by atoms with Crippen LogP contribution in [0.3, 0.4) is 0 Å². The fourth-order valence-electron chi connectivity index (χ4n) is 2.19. The molecule has 1 heterocycles. The molecule has 0 aliphatic heterocycles. The Morgan fingerprint density at radius 3 is 2.76 bits per heavy atom. The van der Waals surface area contributed by atoms with Gasteiger partial charge in [0, 0.05) is 29.2 Å². The number of H-pyrrole nitrogens is 1. The second-order valence-corrected chi connectivity index (χ2v) is 4.79. The minimum atomic E-state index is -0.107. The van der Waals surface area contributed by atoms with Crippen molar-refractivity contribution in [1.82, 2.24) is 9.97 Å². The maximum absolute atomic E-state index is 12.3. The van der Waals surface area contributed by atoms with E-state index in [0.717, 1.165) is 22.6 Å². The van der Waals surface area contributed by atoms with Crippen molar-refractivity contribution in [3.05, 3.63) is 72.1 Å². The Balaban J connectivity index is 1.84. The SMILES string of the molecule is Cc1ccccc1C(=O)Nc1cccc(-c2ncc[nH]2)c1. The quantitative estimate of drug-likeness (QED) is 0.768. The van der Waals surface area contributed by atoms with Gasteiger partial charge < -0.3 is 10.3 Å². The van der Waals surface area contributed by atoms with Crippen LogP contribution in [-0.2, 0) is 0 Å². The number of carbonyl (C=O) groups is 1. The van der Waals surface area contributed by atoms with Crippen LogP contribution in [0.2, 0.25) is 0 Å². The molecule has 104 valence electrons. The third kappa shape index (κ3) is 2.84. The van der Waals surface area contributed by atoms with Crippen LogP contribution in [0.25, 0.3) is 11.4 Å². The third-order valence-electron chi connectivity index (χ3n) is 3.28. The lowest BCUT2D eigenvalue weighted by Crippen LogP contribution is -2.13. The van der Waals surface area contributed by atoms with Gasteiger partial charge in [0.15, 0.2) is 0 Å². The molecule has 3 rings (SSSR count). The Morgan fingerprint density at radius 2 is 2.00 bits per heavy atom. The fraction of sp³-hybridized carbons (Fsp3) is 0.0588. The summed E-state index contributed by atoms with van der Waals surface area (Å²) < 4.78 is 0. The topological polar surface area (TPSA) is 57.8 Å². The van der Waals surface area contributed by atoms with E-state index < -0.39 is 0 Å². The number of benzene rings is 2. The zero-order valence-electron chi connectivity index (χ0n) is 11.6. The summed E-state index contributed by atoms with van der Waals surface area (Å²) in [6.45, 7) is 1.92. The van der Waals surface area contributed by atoms with Crippen LogP contribution in [-0.4, -0.2) is 15.9 Å². The fourth-order valence-corrected chi connectivity index (χ4v) is 2.19. The van der Waals surface area contributed by atoms with Gasteiger partial charge in [-0.15, -0.1) is 0 Å². The zero-order chi connectivity index (χ0) is 14.7. The molecule has 0 saturated heterocycles. The number of aryl methyl sites for hydroxylation is 1. The predicted octanol–water partition coefficient (Wildman–Crippen LogP) is 3.64. The highest BCUT2D eigenvalue weighted by Crippen LogP contribution is 2.20. The number of nitrogens with zero attached hydrogens (tertiary/aromatic N) is 1. The van der Waals surface area contributed by atoms with Gasteiger partial charge in [-0.2, -0.15) is 0 Å². The summed E-state index contributed by atoms with van der Waals surface area (Å²) in [6.07, 6.45) is 3.47. The first-order chi connectivity index (χ1) is 10.2. The lowest BCUT2D eigenvalue weighted by molar-refractivity contribution is 0.102. The van der Waals surface area contributed by atoms with E-state index in [9.17, 15) is 4.79 Å². The number of imidazole rings is 1. The zero-order valence-corrected chi connectivity index (χ0v) is 11.6. The Labute approximate surface area is 122 Å². The van der Waals surface area contributed by atoms with Crippen molar-refractivity contribution in [1.29, 1.82) is 0 Å². The Hall–Kier alpha value is -2.88. The van der Waals surface area contributed by atoms with Crippen LogP contribution in [0.1, 0.15) is 15.9 Å². The van der Waals surface area contributed by atoms with Crippen molar-refractivity contribution < 1.29 is 4.79 Å². The van der Waals surface area contributed by atoms with Gasteiger partial charge in [-0.05, 0) is 30.7 Å². The molecule has 0 bridgehead atoms. The highest BCUT2D eigenvalue weighted by Gasteiger charge is 2.09. The summed E-state index contributed by atoms with van der Waals surface area (Å²) in [6, 6.07) is 15.1. The van der Waals surface area contributed by atoms with Gasteiger partial charge in [0.2, 0.25) is 0 Å². The highest BCUT2D eigenvalue weighted by molar-refractivity contribution is 6.05. The molecule has 0 aliphatic rings. The van der Waals surface area contributed by atoms with E-state index in [1.807, 2.05) is 55.5 Å². The third-order valence-corrected chi connectivity index (χ3v) is 3.28. The molecule has 0 fully saturated rings. The van der Waals surface area contributed by atoms with Crippen LogP contribution >= 0.6 is 0 Å². The Kier molecular flexibility index (Phi) is 3.51. The van der Waals surface area contributed by atoms with E-state index in [1.54, 1.807) is 12.4 Å². The van der Waals surface area contributed by atoms with Crippen molar-refractivity contribution in [2.75, 3.05) is 5.32 Å². The second-order valence-electron chi connectivity index (χ2n) is 4.79. The predicted molar refractivity (Wildman–Crippen MR) is 83.2 cm³/mol. The molecule has 0 unspecified atom stereocenters. The normalized spacial score (nSPS) is 10.3. The highest BCUT2D eigenvalue weighted by atomic mass is 16.1. The van der Waals surface area contributed by atoms with Gasteiger partial charge in [-0.1, -0.05) is 30.3 Å². The number of aromatic nitrogens is 2. The van der Waals surface area contributed by atoms with E-state index in [4.69, 9.17) is 0 Å². The molecule has 21 heavy (non-hydrogen) atoms. The van der Waals surface area contributed by atoms with Gasteiger partial charge in [0.05, 0.1) is 0 Å². The van der Waals surface area contributed by atoms with Crippen LogP contribution in [0.15, 0.2) is 60.9 Å². The van der Waals surface area contributed by atoms with Gasteiger partial charge in [0.25, 0.3) is 5.91 Å². The first kappa shape index (κ1) is 13.1. The van der Waals surface area contributed by atoms with E-state index >= 15 is 0 Å². The van der Waals surface area contributed by atoms with Gasteiger partial charge >= 0.3 is 0 Å². The summed E-state index contributed by atoms with van der Waals surface area (Å²) in [7, 11) is 0. The standard InChI is InChI=1S/C17H15N3O/c1-12-5-2-3-8-15(12)17(21)20-14-7-4-6-13(11-14)16-18-9-10-19-16/h2-11H,1H3,(H,18,19)(H,20,21). The number of nitrogens with one attached hydrogen (secondary N) is 2. The lowest BCUT2D eigenvalue weighted by atomic mass is 10.1. The van der Waals surface area contributed by atoms with E-state index in [-0.39, 0.29) is 5.91 Å². The monoisotopic (exact) mass is 277 g/mol. The molecule has 2 aromatic carbocycles. The minimum absolute atomic E-state index is 0.107. The molecular formula is C17H15N3O. The van der Waals surface area contributed by atoms with E-state index in [2.05, 4.69) is 15.3 Å². The molecule has 4 nitrogen and oxygen atoms in total. The van der Waals surface area contributed by atoms with Gasteiger partial charge in [-0.3, -0.25) is 4.79 Å². The lowest BCUT2D eigenvalue weighted by Gasteiger charge is -2.08. The molecule has 3 aromatic rings. The number of carbonyl (C=O) groups excluding carboxylic acids is 1. The maximum atomic E-state index is 12.3. The number of anilines is 1. The largest absolute Gasteiger partial charge is 0.345 e. The molecule has 0 radical (unpaired) electrons. The van der Waals surface area contributed by atoms with Crippen LogP contribution in [0.5, 0.6) is 0 Å². The van der Waals surface area contributed by atoms with E-state index in [1.165, 1.54) is 0 Å². The number of amides is 1. The van der Waals surface area contributed by atoms with Crippen molar-refractivity contribution in [2.24, 2.45) is 0 Å². The first-order valence-corrected chi connectivity index (χ1v) is 6.71. The number of hydrogen-bond acceptors (Lipinski definition) is 2. The van der Waals surface area contributed by atoms with Gasteiger partial charge in [0.1, 0.15) is 5.82 Å². The molecule has 0 atom stereocenters. The summed E-state index contributed by atoms with van der Waals surface area (Å²) in [5, 5.41) is 2.92. The number of rotatable bonds is 3. The van der Waals surface area contributed by atoms with Crippen molar-refractivity contribution in [2.45, 2.75) is 6.92 Å². The summed E-state index contributed by atoms with van der Waals surface area (Å²) >= 11 is 0. The molecule has 2 N–H and O–H groups in total. The van der Waals surface area contributed by atoms with Crippen molar-refractivity contribution in [3.63, 3.8) is 0 Å².